The Balaban J connectivity index is 1.22. The van der Waals surface area contributed by atoms with Crippen LogP contribution in [0.15, 0.2) is 163 Å². The minimum atomic E-state index is -0.0449. The van der Waals surface area contributed by atoms with Crippen molar-refractivity contribution in [3.63, 3.8) is 0 Å². The number of hydrogen-bond acceptors (Lipinski definition) is 1. The summed E-state index contributed by atoms with van der Waals surface area (Å²) in [5, 5.41) is 5.94. The van der Waals surface area contributed by atoms with E-state index in [0.717, 1.165) is 33.4 Å². The molecule has 0 bridgehead atoms. The molecule has 234 valence electrons. The Hall–Kier alpha value is -5.92. The Morgan fingerprint density at radius 2 is 1.16 bits per heavy atom. The van der Waals surface area contributed by atoms with E-state index in [-0.39, 0.29) is 5.41 Å². The Bertz CT molecular complexity index is 2590. The van der Waals surface area contributed by atoms with Crippen LogP contribution in [0.25, 0.3) is 71.5 Å². The van der Waals surface area contributed by atoms with E-state index in [9.17, 15) is 0 Å². The highest BCUT2D eigenvalue weighted by Crippen LogP contribution is 2.50. The molecule has 1 heterocycles. The van der Waals surface area contributed by atoms with Crippen LogP contribution < -0.4 is 0 Å². The van der Waals surface area contributed by atoms with Crippen molar-refractivity contribution in [2.45, 2.75) is 26.2 Å². The number of hydrogen-bond donors (Lipinski definition) is 0. The van der Waals surface area contributed by atoms with E-state index in [4.69, 9.17) is 4.42 Å². The predicted molar refractivity (Wildman–Crippen MR) is 208 cm³/mol. The highest BCUT2D eigenvalue weighted by molar-refractivity contribution is 6.20. The summed E-state index contributed by atoms with van der Waals surface area (Å²) in [6.07, 6.45) is 3.99. The van der Waals surface area contributed by atoms with E-state index in [1.165, 1.54) is 66.1 Å². The van der Waals surface area contributed by atoms with E-state index in [0.29, 0.717) is 0 Å². The van der Waals surface area contributed by atoms with Crippen molar-refractivity contribution in [3.8, 4) is 33.4 Å². The summed E-state index contributed by atoms with van der Waals surface area (Å²) < 4.78 is 6.80. The Labute approximate surface area is 287 Å². The largest absolute Gasteiger partial charge is 0.456 e. The van der Waals surface area contributed by atoms with Crippen LogP contribution in [0.1, 0.15) is 41.9 Å². The third-order valence-electron chi connectivity index (χ3n) is 10.6. The molecule has 0 saturated carbocycles. The average molecular weight is 629 g/mol. The molecule has 0 fully saturated rings. The summed E-state index contributed by atoms with van der Waals surface area (Å²) in [5.74, 6) is 0.875. The van der Waals surface area contributed by atoms with Gasteiger partial charge in [0.1, 0.15) is 11.3 Å². The van der Waals surface area contributed by atoms with Crippen LogP contribution in [0, 0.1) is 6.92 Å². The van der Waals surface area contributed by atoms with Gasteiger partial charge >= 0.3 is 0 Å². The standard InChI is InChI=1S/C48H36O/c1-5-15-40(46-38-21-11-9-19-36(38)45(31-16-7-6-8-17-31)37-20-10-12-22-39(37)46)47-30(2)41-28-32(25-27-44(41)49-47)33-24-26-35-34-18-13-14-23-42(34)48(3,4)43(35)29-33/h5-29H,1H2,2-4H3/b40-15-. The van der Waals surface area contributed by atoms with Gasteiger partial charge in [-0.15, -0.1) is 0 Å². The molecule has 7 aromatic carbocycles. The predicted octanol–water partition coefficient (Wildman–Crippen LogP) is 13.3. The van der Waals surface area contributed by atoms with Gasteiger partial charge in [0.15, 0.2) is 0 Å². The third-order valence-corrected chi connectivity index (χ3v) is 10.6. The van der Waals surface area contributed by atoms with Gasteiger partial charge in [0.2, 0.25) is 0 Å². The molecule has 0 spiro atoms. The second-order valence-electron chi connectivity index (χ2n) is 13.7. The van der Waals surface area contributed by atoms with Crippen LogP contribution in [-0.2, 0) is 5.41 Å². The number of furan rings is 1. The second-order valence-corrected chi connectivity index (χ2v) is 13.7. The van der Waals surface area contributed by atoms with Crippen LogP contribution in [0.4, 0.5) is 0 Å². The van der Waals surface area contributed by atoms with Crippen LogP contribution >= 0.6 is 0 Å². The van der Waals surface area contributed by atoms with E-state index in [1.54, 1.807) is 0 Å². The number of benzene rings is 7. The van der Waals surface area contributed by atoms with E-state index >= 15 is 0 Å². The summed E-state index contributed by atoms with van der Waals surface area (Å²) >= 11 is 0. The number of rotatable bonds is 5. The molecule has 1 aliphatic carbocycles. The lowest BCUT2D eigenvalue weighted by molar-refractivity contribution is 0.597. The van der Waals surface area contributed by atoms with Crippen molar-refractivity contribution in [2.75, 3.05) is 0 Å². The minimum Gasteiger partial charge on any atom is -0.456 e. The van der Waals surface area contributed by atoms with Gasteiger partial charge in [-0.2, -0.15) is 0 Å². The van der Waals surface area contributed by atoms with Gasteiger partial charge in [-0.3, -0.25) is 0 Å². The Kier molecular flexibility index (Phi) is 6.61. The van der Waals surface area contributed by atoms with Crippen LogP contribution in [0.5, 0.6) is 0 Å². The van der Waals surface area contributed by atoms with Crippen LogP contribution in [-0.4, -0.2) is 0 Å². The van der Waals surface area contributed by atoms with Gasteiger partial charge in [0, 0.05) is 27.5 Å². The van der Waals surface area contributed by atoms with Crippen molar-refractivity contribution < 1.29 is 4.42 Å². The van der Waals surface area contributed by atoms with Gasteiger partial charge in [-0.1, -0.05) is 154 Å². The lowest BCUT2D eigenvalue weighted by Crippen LogP contribution is -2.14. The molecule has 1 aromatic heterocycles. The summed E-state index contributed by atoms with van der Waals surface area (Å²) in [6, 6.07) is 50.6. The highest BCUT2D eigenvalue weighted by Gasteiger charge is 2.35. The van der Waals surface area contributed by atoms with Gasteiger partial charge < -0.3 is 4.42 Å². The molecule has 9 rings (SSSR count). The second kappa shape index (κ2) is 11.1. The molecule has 0 unspecified atom stereocenters. The Morgan fingerprint density at radius 3 is 1.88 bits per heavy atom. The van der Waals surface area contributed by atoms with Crippen LogP contribution in [0.3, 0.4) is 0 Å². The first-order chi connectivity index (χ1) is 24.0. The zero-order valence-electron chi connectivity index (χ0n) is 28.0. The monoisotopic (exact) mass is 628 g/mol. The maximum atomic E-state index is 6.80. The zero-order chi connectivity index (χ0) is 33.3. The normalized spacial score (nSPS) is 13.6. The van der Waals surface area contributed by atoms with Crippen LogP contribution in [0.2, 0.25) is 0 Å². The topological polar surface area (TPSA) is 13.1 Å². The van der Waals surface area contributed by atoms with E-state index in [1.807, 2.05) is 6.08 Å². The molecule has 8 aromatic rings. The number of fused-ring (bicyclic) bond motifs is 6. The summed E-state index contributed by atoms with van der Waals surface area (Å²) in [6.45, 7) is 11.0. The van der Waals surface area contributed by atoms with Crippen molar-refractivity contribution in [1.29, 1.82) is 0 Å². The van der Waals surface area contributed by atoms with Gasteiger partial charge in [-0.05, 0) is 91.2 Å². The number of aryl methyl sites for hydroxylation is 1. The molecule has 0 atom stereocenters. The molecule has 0 aliphatic heterocycles. The summed E-state index contributed by atoms with van der Waals surface area (Å²) in [5.41, 5.74) is 14.5. The molecule has 1 nitrogen and oxygen atoms in total. The SMILES string of the molecule is C=C/C=C(\c1oc2ccc(-c3ccc4c(c3)C(C)(C)c3ccccc3-4)cc2c1C)c1c2ccccc2c(-c2ccccc2)c2ccccc12. The van der Waals surface area contributed by atoms with E-state index in [2.05, 4.69) is 173 Å². The highest BCUT2D eigenvalue weighted by atomic mass is 16.3. The quantitative estimate of drug-likeness (QED) is 0.137. The fourth-order valence-corrected chi connectivity index (χ4v) is 8.27. The minimum absolute atomic E-state index is 0.0449. The molecule has 1 aliphatic rings. The van der Waals surface area contributed by atoms with Gasteiger partial charge in [0.05, 0.1) is 0 Å². The summed E-state index contributed by atoms with van der Waals surface area (Å²) in [4.78, 5) is 0. The Morgan fingerprint density at radius 1 is 0.571 bits per heavy atom. The van der Waals surface area contributed by atoms with Crippen molar-refractivity contribution >= 4 is 38.1 Å². The van der Waals surface area contributed by atoms with Crippen molar-refractivity contribution in [2.24, 2.45) is 0 Å². The third kappa shape index (κ3) is 4.39. The molecule has 0 amide bonds. The lowest BCUT2D eigenvalue weighted by Gasteiger charge is -2.22. The fraction of sp³-hybridized carbons (Fsp3) is 0.0833. The molecule has 0 radical (unpaired) electrons. The molecule has 0 N–H and O–H groups in total. The first-order valence-electron chi connectivity index (χ1n) is 17.1. The smallest absolute Gasteiger partial charge is 0.138 e. The maximum absolute atomic E-state index is 6.80. The first-order valence-corrected chi connectivity index (χ1v) is 17.1. The molecular formula is C48H36O. The first kappa shape index (κ1) is 29.2. The van der Waals surface area contributed by atoms with Crippen molar-refractivity contribution in [1.82, 2.24) is 0 Å². The zero-order valence-corrected chi connectivity index (χ0v) is 28.0. The maximum Gasteiger partial charge on any atom is 0.138 e. The van der Waals surface area contributed by atoms with Gasteiger partial charge in [0.25, 0.3) is 0 Å². The van der Waals surface area contributed by atoms with Crippen molar-refractivity contribution in [3.05, 3.63) is 186 Å². The van der Waals surface area contributed by atoms with Gasteiger partial charge in [-0.25, -0.2) is 0 Å². The fourth-order valence-electron chi connectivity index (χ4n) is 8.27. The molecule has 1 heteroatoms. The molecule has 49 heavy (non-hydrogen) atoms. The lowest BCUT2D eigenvalue weighted by atomic mass is 9.81. The molecule has 0 saturated heterocycles. The average Bonchev–Trinajstić information content (AvgIpc) is 3.59. The number of allylic oxidation sites excluding steroid dienone is 2. The molecular weight excluding hydrogens is 593 g/mol. The summed E-state index contributed by atoms with van der Waals surface area (Å²) in [7, 11) is 0. The van der Waals surface area contributed by atoms with E-state index < -0.39 is 0 Å².